The Labute approximate surface area is 124 Å². The second kappa shape index (κ2) is 6.18. The van der Waals surface area contributed by atoms with E-state index in [1.165, 1.54) is 5.56 Å². The predicted molar refractivity (Wildman–Crippen MR) is 81.8 cm³/mol. The summed E-state index contributed by atoms with van der Waals surface area (Å²) in [5.41, 5.74) is 2.21. The number of benzene rings is 1. The molecule has 21 heavy (non-hydrogen) atoms. The lowest BCUT2D eigenvalue weighted by atomic mass is 10.0. The minimum atomic E-state index is 0.234. The number of hydrogen-bond acceptors (Lipinski definition) is 4. The number of hydrogen-bond donors (Lipinski definition) is 1. The number of para-hydroxylation sites is 1. The van der Waals surface area contributed by atoms with Crippen LogP contribution in [-0.2, 0) is 11.3 Å². The van der Waals surface area contributed by atoms with Crippen molar-refractivity contribution in [2.24, 2.45) is 0 Å². The van der Waals surface area contributed by atoms with E-state index in [4.69, 9.17) is 9.47 Å². The van der Waals surface area contributed by atoms with Crippen LogP contribution in [0.15, 0.2) is 30.5 Å². The van der Waals surface area contributed by atoms with Gasteiger partial charge in [0.2, 0.25) is 5.95 Å². The Morgan fingerprint density at radius 3 is 3.14 bits per heavy atom. The first-order valence-electron chi connectivity index (χ1n) is 7.29. The van der Waals surface area contributed by atoms with Crippen LogP contribution in [0.2, 0.25) is 0 Å². The highest BCUT2D eigenvalue weighted by molar-refractivity contribution is 5.42. The molecule has 112 valence electrons. The van der Waals surface area contributed by atoms with E-state index in [2.05, 4.69) is 20.9 Å². The van der Waals surface area contributed by atoms with E-state index in [0.29, 0.717) is 6.61 Å². The van der Waals surface area contributed by atoms with Crippen LogP contribution in [0.4, 0.5) is 5.95 Å². The van der Waals surface area contributed by atoms with E-state index in [0.717, 1.165) is 37.0 Å². The molecule has 0 amide bonds. The van der Waals surface area contributed by atoms with E-state index in [1.54, 1.807) is 7.11 Å². The highest BCUT2D eigenvalue weighted by Gasteiger charge is 2.22. The van der Waals surface area contributed by atoms with Crippen LogP contribution in [0.3, 0.4) is 0 Å². The smallest absolute Gasteiger partial charge is 0.203 e. The number of fused-ring (bicyclic) bond motifs is 1. The van der Waals surface area contributed by atoms with Gasteiger partial charge in [0.15, 0.2) is 0 Å². The average molecular weight is 287 g/mol. The van der Waals surface area contributed by atoms with Crippen molar-refractivity contribution in [2.45, 2.75) is 25.9 Å². The number of imidazole rings is 1. The van der Waals surface area contributed by atoms with Gasteiger partial charge >= 0.3 is 0 Å². The van der Waals surface area contributed by atoms with E-state index in [1.807, 2.05) is 31.3 Å². The number of methoxy groups -OCH3 is 1. The third-order valence-corrected chi connectivity index (χ3v) is 3.70. The van der Waals surface area contributed by atoms with Crippen molar-refractivity contribution in [1.29, 1.82) is 0 Å². The van der Waals surface area contributed by atoms with Crippen molar-refractivity contribution in [2.75, 3.05) is 25.6 Å². The molecule has 0 fully saturated rings. The van der Waals surface area contributed by atoms with Gasteiger partial charge in [-0.15, -0.1) is 0 Å². The summed E-state index contributed by atoms with van der Waals surface area (Å²) < 4.78 is 13.0. The topological polar surface area (TPSA) is 48.3 Å². The van der Waals surface area contributed by atoms with Crippen LogP contribution in [0, 0.1) is 6.92 Å². The molecule has 1 N–H and O–H groups in total. The number of anilines is 1. The second-order valence-corrected chi connectivity index (χ2v) is 5.26. The molecule has 5 nitrogen and oxygen atoms in total. The number of rotatable bonds is 5. The van der Waals surface area contributed by atoms with Gasteiger partial charge < -0.3 is 19.4 Å². The number of nitrogens with one attached hydrogen (secondary N) is 1. The largest absolute Gasteiger partial charge is 0.493 e. The molecule has 0 aliphatic carbocycles. The Balaban J connectivity index is 1.81. The monoisotopic (exact) mass is 287 g/mol. The minimum Gasteiger partial charge on any atom is -0.493 e. The third-order valence-electron chi connectivity index (χ3n) is 3.70. The Morgan fingerprint density at radius 2 is 2.29 bits per heavy atom. The SMILES string of the molecule is COCCn1cc(C)nc1NC1CCOc2ccccc21. The zero-order valence-electron chi connectivity index (χ0n) is 12.5. The maximum atomic E-state index is 5.70. The lowest BCUT2D eigenvalue weighted by molar-refractivity contribution is 0.187. The molecule has 5 heteroatoms. The summed E-state index contributed by atoms with van der Waals surface area (Å²) in [6, 6.07) is 8.42. The van der Waals surface area contributed by atoms with E-state index >= 15 is 0 Å². The Bertz CT molecular complexity index is 609. The third kappa shape index (κ3) is 3.03. The van der Waals surface area contributed by atoms with Crippen molar-refractivity contribution in [3.05, 3.63) is 41.7 Å². The van der Waals surface area contributed by atoms with Gasteiger partial charge in [-0.2, -0.15) is 0 Å². The fourth-order valence-corrected chi connectivity index (χ4v) is 2.67. The van der Waals surface area contributed by atoms with Gasteiger partial charge in [-0.3, -0.25) is 0 Å². The minimum absolute atomic E-state index is 0.234. The summed E-state index contributed by atoms with van der Waals surface area (Å²) in [5, 5.41) is 3.55. The van der Waals surface area contributed by atoms with E-state index < -0.39 is 0 Å². The summed E-state index contributed by atoms with van der Waals surface area (Å²) in [6.07, 6.45) is 2.99. The van der Waals surface area contributed by atoms with Gasteiger partial charge in [0, 0.05) is 31.8 Å². The van der Waals surface area contributed by atoms with Gasteiger partial charge in [0.25, 0.3) is 0 Å². The fraction of sp³-hybridized carbons (Fsp3) is 0.438. The Hall–Kier alpha value is -2.01. The van der Waals surface area contributed by atoms with Gasteiger partial charge in [-0.25, -0.2) is 4.98 Å². The molecular weight excluding hydrogens is 266 g/mol. The molecule has 0 saturated heterocycles. The number of aryl methyl sites for hydroxylation is 1. The Kier molecular flexibility index (Phi) is 4.10. The summed E-state index contributed by atoms with van der Waals surface area (Å²) in [4.78, 5) is 4.59. The first kappa shape index (κ1) is 13.9. The number of nitrogens with zero attached hydrogens (tertiary/aromatic N) is 2. The van der Waals surface area contributed by atoms with Crippen molar-refractivity contribution >= 4 is 5.95 Å². The molecule has 0 bridgehead atoms. The zero-order chi connectivity index (χ0) is 14.7. The highest BCUT2D eigenvalue weighted by atomic mass is 16.5. The summed E-state index contributed by atoms with van der Waals surface area (Å²) in [5.74, 6) is 1.86. The first-order chi connectivity index (χ1) is 10.3. The van der Waals surface area contributed by atoms with Crippen molar-refractivity contribution < 1.29 is 9.47 Å². The van der Waals surface area contributed by atoms with Gasteiger partial charge in [-0.1, -0.05) is 18.2 Å². The van der Waals surface area contributed by atoms with Crippen LogP contribution in [0.1, 0.15) is 23.7 Å². The molecule has 0 spiro atoms. The van der Waals surface area contributed by atoms with Gasteiger partial charge in [0.05, 0.1) is 24.9 Å². The standard InChI is InChI=1S/C16H21N3O2/c1-12-11-19(8-10-20-2)16(17-12)18-14-7-9-21-15-6-4-3-5-13(14)15/h3-6,11,14H,7-10H2,1-2H3,(H,17,18). The van der Waals surface area contributed by atoms with Crippen LogP contribution >= 0.6 is 0 Å². The quantitative estimate of drug-likeness (QED) is 0.918. The summed E-state index contributed by atoms with van der Waals surface area (Å²) in [7, 11) is 1.71. The average Bonchev–Trinajstić information content (AvgIpc) is 2.85. The van der Waals surface area contributed by atoms with E-state index in [9.17, 15) is 0 Å². The molecular formula is C16H21N3O2. The molecule has 2 heterocycles. The van der Waals surface area contributed by atoms with Crippen LogP contribution in [0.25, 0.3) is 0 Å². The van der Waals surface area contributed by atoms with Crippen molar-refractivity contribution in [3.63, 3.8) is 0 Å². The van der Waals surface area contributed by atoms with Crippen molar-refractivity contribution in [3.8, 4) is 5.75 Å². The predicted octanol–water partition coefficient (Wildman–Crippen LogP) is 2.77. The van der Waals surface area contributed by atoms with E-state index in [-0.39, 0.29) is 6.04 Å². The molecule has 0 radical (unpaired) electrons. The molecule has 1 atom stereocenters. The van der Waals surface area contributed by atoms with Gasteiger partial charge in [0.1, 0.15) is 5.75 Å². The molecule has 0 saturated carbocycles. The lowest BCUT2D eigenvalue weighted by Crippen LogP contribution is -2.22. The van der Waals surface area contributed by atoms with Crippen LogP contribution < -0.4 is 10.1 Å². The fourth-order valence-electron chi connectivity index (χ4n) is 2.67. The normalized spacial score (nSPS) is 17.1. The summed E-state index contributed by atoms with van der Waals surface area (Å²) >= 11 is 0. The Morgan fingerprint density at radius 1 is 1.43 bits per heavy atom. The number of ether oxygens (including phenoxy) is 2. The molecule has 1 unspecified atom stereocenters. The first-order valence-corrected chi connectivity index (χ1v) is 7.29. The molecule has 1 aliphatic heterocycles. The molecule has 1 aliphatic rings. The molecule has 2 aromatic rings. The van der Waals surface area contributed by atoms with Crippen LogP contribution in [-0.4, -0.2) is 29.9 Å². The second-order valence-electron chi connectivity index (χ2n) is 5.26. The van der Waals surface area contributed by atoms with Gasteiger partial charge in [-0.05, 0) is 13.0 Å². The molecule has 1 aromatic carbocycles. The lowest BCUT2D eigenvalue weighted by Gasteiger charge is -2.27. The number of aromatic nitrogens is 2. The maximum absolute atomic E-state index is 5.70. The maximum Gasteiger partial charge on any atom is 0.203 e. The molecule has 1 aromatic heterocycles. The zero-order valence-corrected chi connectivity index (χ0v) is 12.5. The van der Waals surface area contributed by atoms with Crippen molar-refractivity contribution in [1.82, 2.24) is 9.55 Å². The molecule has 3 rings (SSSR count). The highest BCUT2D eigenvalue weighted by Crippen LogP contribution is 2.33. The van der Waals surface area contributed by atoms with Crippen LogP contribution in [0.5, 0.6) is 5.75 Å². The summed E-state index contributed by atoms with van der Waals surface area (Å²) in [6.45, 7) is 4.21.